The Labute approximate surface area is 168 Å². The van der Waals surface area contributed by atoms with Crippen molar-refractivity contribution in [2.24, 2.45) is 5.41 Å². The number of carboxylic acid groups (broad SMARTS) is 1. The first-order valence-corrected chi connectivity index (χ1v) is 10.00. The van der Waals surface area contributed by atoms with Crippen LogP contribution in [0, 0.1) is 11.2 Å². The number of hydrogen-bond donors (Lipinski definition) is 2. The van der Waals surface area contributed by atoms with E-state index < -0.39 is 28.5 Å². The molecule has 1 spiro atoms. The van der Waals surface area contributed by atoms with Crippen LogP contribution in [0.5, 0.6) is 0 Å². The molecule has 0 radical (unpaired) electrons. The summed E-state index contributed by atoms with van der Waals surface area (Å²) in [6.45, 7) is 0.413. The number of hydrogen-bond acceptors (Lipinski definition) is 3. The minimum absolute atomic E-state index is 0.0364. The molecule has 1 saturated carbocycles. The van der Waals surface area contributed by atoms with Gasteiger partial charge in [0.15, 0.2) is 5.82 Å². The molecule has 2 fully saturated rings. The third-order valence-corrected chi connectivity index (χ3v) is 6.73. The van der Waals surface area contributed by atoms with Gasteiger partial charge in [0.2, 0.25) is 0 Å². The van der Waals surface area contributed by atoms with E-state index in [9.17, 15) is 24.2 Å². The molecule has 1 aromatic heterocycles. The summed E-state index contributed by atoms with van der Waals surface area (Å²) >= 11 is 0. The van der Waals surface area contributed by atoms with E-state index in [0.717, 1.165) is 12.8 Å². The minimum Gasteiger partial charge on any atom is -0.465 e. The van der Waals surface area contributed by atoms with Gasteiger partial charge in [0.1, 0.15) is 0 Å². The van der Waals surface area contributed by atoms with Crippen LogP contribution in [0.2, 0.25) is 0 Å². The van der Waals surface area contributed by atoms with Gasteiger partial charge in [0.25, 0.3) is 5.56 Å². The first-order valence-electron chi connectivity index (χ1n) is 10.00. The highest BCUT2D eigenvalue weighted by molar-refractivity contribution is 5.65. The molecule has 1 amide bonds. The standard InChI is InChI=1S/C22H25FN2O4/c23-18-17(16-6-2-1-3-7-16)8-12-24(19(18)26)15-22(29)11-13-25(20(27)28)14-21(22)9-4-5-10-21/h1-3,6-8,12,29H,4-5,9-11,13-15H2,(H,27,28). The van der Waals surface area contributed by atoms with Gasteiger partial charge >= 0.3 is 6.09 Å². The molecular formula is C22H25FN2O4. The first kappa shape index (κ1) is 19.6. The fourth-order valence-corrected chi connectivity index (χ4v) is 5.06. The topological polar surface area (TPSA) is 82.8 Å². The number of aromatic nitrogens is 1. The molecule has 7 heteroatoms. The average molecular weight is 400 g/mol. The molecule has 2 aliphatic rings. The van der Waals surface area contributed by atoms with Crippen LogP contribution < -0.4 is 5.56 Å². The number of benzene rings is 1. The Morgan fingerprint density at radius 1 is 1.10 bits per heavy atom. The lowest BCUT2D eigenvalue weighted by Crippen LogP contribution is -2.62. The number of nitrogens with zero attached hydrogens (tertiary/aromatic N) is 2. The molecule has 6 nitrogen and oxygen atoms in total. The second-order valence-corrected chi connectivity index (χ2v) is 8.32. The molecule has 1 atom stereocenters. The van der Waals surface area contributed by atoms with E-state index in [2.05, 4.69) is 0 Å². The number of rotatable bonds is 3. The summed E-state index contributed by atoms with van der Waals surface area (Å²) in [6.07, 6.45) is 3.98. The Morgan fingerprint density at radius 2 is 1.79 bits per heavy atom. The van der Waals surface area contributed by atoms with Crippen molar-refractivity contribution in [1.29, 1.82) is 0 Å². The van der Waals surface area contributed by atoms with Crippen molar-refractivity contribution in [3.63, 3.8) is 0 Å². The van der Waals surface area contributed by atoms with Crippen LogP contribution in [0.25, 0.3) is 11.1 Å². The van der Waals surface area contributed by atoms with Crippen molar-refractivity contribution < 1.29 is 19.4 Å². The summed E-state index contributed by atoms with van der Waals surface area (Å²) in [5, 5.41) is 21.0. The van der Waals surface area contributed by atoms with Gasteiger partial charge in [-0.3, -0.25) is 4.79 Å². The Bertz CT molecular complexity index is 969. The monoisotopic (exact) mass is 400 g/mol. The van der Waals surface area contributed by atoms with Crippen molar-refractivity contribution in [1.82, 2.24) is 9.47 Å². The molecule has 2 heterocycles. The molecule has 1 aliphatic carbocycles. The van der Waals surface area contributed by atoms with Gasteiger partial charge in [-0.25, -0.2) is 9.18 Å². The van der Waals surface area contributed by atoms with Gasteiger partial charge in [0.05, 0.1) is 12.1 Å². The van der Waals surface area contributed by atoms with Gasteiger partial charge in [-0.15, -0.1) is 0 Å². The van der Waals surface area contributed by atoms with Gasteiger partial charge in [-0.05, 0) is 30.9 Å². The van der Waals surface area contributed by atoms with E-state index in [0.29, 0.717) is 18.4 Å². The first-order chi connectivity index (χ1) is 13.9. The zero-order valence-corrected chi connectivity index (χ0v) is 16.2. The minimum atomic E-state index is -1.25. The Hall–Kier alpha value is -2.67. The van der Waals surface area contributed by atoms with Crippen LogP contribution in [-0.4, -0.2) is 44.5 Å². The van der Waals surface area contributed by atoms with Crippen LogP contribution in [0.15, 0.2) is 47.4 Å². The second kappa shape index (κ2) is 7.30. The lowest BCUT2D eigenvalue weighted by atomic mass is 9.66. The van der Waals surface area contributed by atoms with Crippen molar-refractivity contribution in [2.45, 2.75) is 44.2 Å². The Morgan fingerprint density at radius 3 is 2.45 bits per heavy atom. The predicted molar refractivity (Wildman–Crippen MR) is 106 cm³/mol. The number of amides is 1. The zero-order valence-electron chi connectivity index (χ0n) is 16.2. The maximum Gasteiger partial charge on any atom is 0.407 e. The highest BCUT2D eigenvalue weighted by atomic mass is 19.1. The molecule has 2 N–H and O–H groups in total. The molecule has 0 bridgehead atoms. The van der Waals surface area contributed by atoms with Crippen LogP contribution in [0.1, 0.15) is 32.1 Å². The summed E-state index contributed by atoms with van der Waals surface area (Å²) in [4.78, 5) is 25.6. The number of likely N-dealkylation sites (tertiary alicyclic amines) is 1. The Kier molecular flexibility index (Phi) is 4.94. The summed E-state index contributed by atoms with van der Waals surface area (Å²) in [7, 11) is 0. The molecular weight excluding hydrogens is 375 g/mol. The number of piperidine rings is 1. The highest BCUT2D eigenvalue weighted by Gasteiger charge is 2.55. The Balaban J connectivity index is 1.67. The largest absolute Gasteiger partial charge is 0.465 e. The van der Waals surface area contributed by atoms with E-state index in [1.54, 1.807) is 30.3 Å². The average Bonchev–Trinajstić information content (AvgIpc) is 3.19. The van der Waals surface area contributed by atoms with Gasteiger partial charge in [0, 0.05) is 30.3 Å². The number of halogens is 1. The molecule has 1 aliphatic heterocycles. The second-order valence-electron chi connectivity index (χ2n) is 8.32. The summed E-state index contributed by atoms with van der Waals surface area (Å²) < 4.78 is 16.1. The van der Waals surface area contributed by atoms with Crippen molar-refractivity contribution in [3.05, 3.63) is 58.8 Å². The predicted octanol–water partition coefficient (Wildman–Crippen LogP) is 3.33. The molecule has 1 unspecified atom stereocenters. The normalized spacial score (nSPS) is 23.4. The van der Waals surface area contributed by atoms with Gasteiger partial charge < -0.3 is 19.7 Å². The van der Waals surface area contributed by atoms with E-state index in [-0.39, 0.29) is 31.6 Å². The molecule has 29 heavy (non-hydrogen) atoms. The molecule has 2 aromatic rings. The number of carbonyl (C=O) groups is 1. The number of aliphatic hydroxyl groups is 1. The van der Waals surface area contributed by atoms with E-state index in [4.69, 9.17) is 0 Å². The molecule has 1 saturated heterocycles. The smallest absolute Gasteiger partial charge is 0.407 e. The van der Waals surface area contributed by atoms with Crippen molar-refractivity contribution in [3.8, 4) is 11.1 Å². The van der Waals surface area contributed by atoms with E-state index in [1.165, 1.54) is 15.7 Å². The SMILES string of the molecule is O=C(O)N1CCC(O)(Cn2ccc(-c3ccccc3)c(F)c2=O)C2(CCCC2)C1. The fraction of sp³-hybridized carbons (Fsp3) is 0.455. The van der Waals surface area contributed by atoms with Crippen LogP contribution in [0.4, 0.5) is 9.18 Å². The maximum atomic E-state index is 14.9. The lowest BCUT2D eigenvalue weighted by Gasteiger charge is -2.51. The lowest BCUT2D eigenvalue weighted by molar-refractivity contribution is -0.137. The summed E-state index contributed by atoms with van der Waals surface area (Å²) in [6, 6.07) is 10.4. The zero-order chi connectivity index (χ0) is 20.6. The highest BCUT2D eigenvalue weighted by Crippen LogP contribution is 2.51. The number of pyridine rings is 1. The molecule has 1 aromatic carbocycles. The summed E-state index contributed by atoms with van der Waals surface area (Å²) in [5.41, 5.74) is -1.77. The molecule has 154 valence electrons. The fourth-order valence-electron chi connectivity index (χ4n) is 5.06. The summed E-state index contributed by atoms with van der Waals surface area (Å²) in [5.74, 6) is -0.842. The third-order valence-electron chi connectivity index (χ3n) is 6.73. The van der Waals surface area contributed by atoms with Crippen LogP contribution in [-0.2, 0) is 6.54 Å². The van der Waals surface area contributed by atoms with Crippen molar-refractivity contribution >= 4 is 6.09 Å². The van der Waals surface area contributed by atoms with Crippen LogP contribution in [0.3, 0.4) is 0 Å². The molecule has 4 rings (SSSR count). The van der Waals surface area contributed by atoms with Gasteiger partial charge in [-0.1, -0.05) is 43.2 Å². The van der Waals surface area contributed by atoms with Crippen molar-refractivity contribution in [2.75, 3.05) is 13.1 Å². The third kappa shape index (κ3) is 3.33. The van der Waals surface area contributed by atoms with E-state index in [1.807, 2.05) is 6.07 Å². The van der Waals surface area contributed by atoms with Gasteiger partial charge in [-0.2, -0.15) is 0 Å². The van der Waals surface area contributed by atoms with Crippen LogP contribution >= 0.6 is 0 Å². The quantitative estimate of drug-likeness (QED) is 0.828. The van der Waals surface area contributed by atoms with E-state index >= 15 is 0 Å². The maximum absolute atomic E-state index is 14.9.